The number of amides is 1. The number of nitrogens with one attached hydrogen (secondary N) is 2. The van der Waals surface area contributed by atoms with E-state index < -0.39 is 22.7 Å². The number of benzene rings is 1. The maximum Gasteiger partial charge on any atom is 0.417 e. The molecule has 11 heteroatoms. The largest absolute Gasteiger partial charge is 0.417 e. The SMILES string of the molecule is C[C@H]1CC(Nc2ncccn2)=C(N=N)CN1C(=O)c1cccc(C(F)(F)F)c1Cl. The second kappa shape index (κ2) is 8.16. The number of halogens is 4. The average Bonchev–Trinajstić information content (AvgIpc) is 2.68. The zero-order valence-corrected chi connectivity index (χ0v) is 15.9. The Morgan fingerprint density at radius 2 is 2.00 bits per heavy atom. The lowest BCUT2D eigenvalue weighted by Gasteiger charge is -2.35. The molecule has 0 aliphatic carbocycles. The van der Waals surface area contributed by atoms with Gasteiger partial charge >= 0.3 is 6.18 Å². The second-order valence-corrected chi connectivity index (χ2v) is 6.76. The molecule has 0 unspecified atom stereocenters. The molecule has 2 aromatic rings. The first-order valence-corrected chi connectivity index (χ1v) is 8.90. The highest BCUT2D eigenvalue weighted by Gasteiger charge is 2.36. The Bertz CT molecular complexity index is 964. The van der Waals surface area contributed by atoms with Crippen molar-refractivity contribution >= 4 is 23.5 Å². The van der Waals surface area contributed by atoms with Crippen LogP contribution < -0.4 is 5.32 Å². The maximum absolute atomic E-state index is 13.1. The highest BCUT2D eigenvalue weighted by molar-refractivity contribution is 6.34. The smallest absolute Gasteiger partial charge is 0.329 e. The fourth-order valence-electron chi connectivity index (χ4n) is 3.00. The van der Waals surface area contributed by atoms with Crippen molar-refractivity contribution in [3.63, 3.8) is 0 Å². The number of alkyl halides is 3. The van der Waals surface area contributed by atoms with Gasteiger partial charge in [0.15, 0.2) is 0 Å². The van der Waals surface area contributed by atoms with Crippen LogP contribution in [-0.2, 0) is 6.18 Å². The van der Waals surface area contributed by atoms with Gasteiger partial charge in [-0.1, -0.05) is 17.7 Å². The highest BCUT2D eigenvalue weighted by Crippen LogP contribution is 2.37. The summed E-state index contributed by atoms with van der Waals surface area (Å²) in [5, 5.41) is 5.81. The predicted octanol–water partition coefficient (Wildman–Crippen LogP) is 4.74. The molecule has 3 rings (SSSR count). The Labute approximate surface area is 169 Å². The van der Waals surface area contributed by atoms with Crippen molar-refractivity contribution in [3.05, 3.63) is 64.2 Å². The van der Waals surface area contributed by atoms with Gasteiger partial charge < -0.3 is 10.2 Å². The molecule has 2 heterocycles. The van der Waals surface area contributed by atoms with E-state index in [1.807, 2.05) is 0 Å². The van der Waals surface area contributed by atoms with Gasteiger partial charge in [-0.05, 0) is 25.1 Å². The van der Waals surface area contributed by atoms with E-state index in [1.165, 1.54) is 11.0 Å². The van der Waals surface area contributed by atoms with Crippen LogP contribution in [0.4, 0.5) is 19.1 Å². The number of aromatic nitrogens is 2. The van der Waals surface area contributed by atoms with E-state index >= 15 is 0 Å². The highest BCUT2D eigenvalue weighted by atomic mass is 35.5. The molecule has 0 saturated carbocycles. The molecular weight excluding hydrogens is 409 g/mol. The zero-order valence-electron chi connectivity index (χ0n) is 15.2. The monoisotopic (exact) mass is 424 g/mol. The first-order valence-electron chi connectivity index (χ1n) is 8.52. The molecule has 1 aromatic heterocycles. The third-order valence-corrected chi connectivity index (χ3v) is 4.87. The number of rotatable bonds is 4. The molecule has 152 valence electrons. The first-order chi connectivity index (χ1) is 13.7. The van der Waals surface area contributed by atoms with Crippen molar-refractivity contribution in [1.82, 2.24) is 14.9 Å². The van der Waals surface area contributed by atoms with E-state index in [2.05, 4.69) is 20.4 Å². The van der Waals surface area contributed by atoms with Crippen molar-refractivity contribution in [1.29, 1.82) is 5.53 Å². The summed E-state index contributed by atoms with van der Waals surface area (Å²) in [5.74, 6) is -0.346. The Hall–Kier alpha value is -3.01. The third kappa shape index (κ3) is 4.37. The molecule has 1 atom stereocenters. The lowest BCUT2D eigenvalue weighted by atomic mass is 10.0. The van der Waals surface area contributed by atoms with E-state index in [0.29, 0.717) is 11.6 Å². The quantitative estimate of drug-likeness (QED) is 0.693. The molecule has 0 bridgehead atoms. The molecular formula is C18H16ClF3N6O. The van der Waals surface area contributed by atoms with Gasteiger partial charge in [0.25, 0.3) is 5.91 Å². The molecule has 0 spiro atoms. The summed E-state index contributed by atoms with van der Waals surface area (Å²) in [7, 11) is 0. The Kier molecular flexibility index (Phi) is 5.83. The normalized spacial score (nSPS) is 17.3. The van der Waals surface area contributed by atoms with Gasteiger partial charge in [-0.15, -0.1) is 0 Å². The molecule has 2 N–H and O–H groups in total. The Balaban J connectivity index is 1.89. The fourth-order valence-corrected chi connectivity index (χ4v) is 3.32. The zero-order chi connectivity index (χ0) is 21.2. The van der Waals surface area contributed by atoms with Gasteiger partial charge in [0.2, 0.25) is 5.95 Å². The van der Waals surface area contributed by atoms with Gasteiger partial charge in [-0.25, -0.2) is 15.5 Å². The van der Waals surface area contributed by atoms with Crippen molar-refractivity contribution in [2.24, 2.45) is 5.11 Å². The van der Waals surface area contributed by atoms with Crippen LogP contribution in [0.15, 0.2) is 53.2 Å². The van der Waals surface area contributed by atoms with Crippen LogP contribution in [0, 0.1) is 5.53 Å². The Morgan fingerprint density at radius 1 is 1.31 bits per heavy atom. The number of carbonyl (C=O) groups is 1. The minimum atomic E-state index is -4.67. The lowest BCUT2D eigenvalue weighted by molar-refractivity contribution is -0.137. The molecule has 1 amide bonds. The summed E-state index contributed by atoms with van der Waals surface area (Å²) in [6, 6.07) is 4.48. The molecule has 7 nitrogen and oxygen atoms in total. The number of hydrogen-bond acceptors (Lipinski definition) is 6. The minimum Gasteiger partial charge on any atom is -0.329 e. The van der Waals surface area contributed by atoms with Gasteiger partial charge in [0.05, 0.1) is 22.7 Å². The standard InChI is InChI=1S/C18H16ClF3N6O/c1-10-8-13(26-17-24-6-3-7-25-17)14(27-23)9-28(10)16(29)11-4-2-5-12(15(11)19)18(20,21)22/h2-7,10,23H,8-9H2,1H3,(H,24,25,26)/t10-/m0/s1. The minimum absolute atomic E-state index is 0.0642. The van der Waals surface area contributed by atoms with Gasteiger partial charge in [0.1, 0.15) is 5.70 Å². The van der Waals surface area contributed by atoms with E-state index in [-0.39, 0.29) is 30.3 Å². The summed E-state index contributed by atoms with van der Waals surface area (Å²) in [6.45, 7) is 1.68. The summed E-state index contributed by atoms with van der Waals surface area (Å²) >= 11 is 5.89. The van der Waals surface area contributed by atoms with Crippen LogP contribution in [-0.4, -0.2) is 33.4 Å². The molecule has 1 aliphatic heterocycles. The van der Waals surface area contributed by atoms with Crippen molar-refractivity contribution in [3.8, 4) is 0 Å². The van der Waals surface area contributed by atoms with Crippen molar-refractivity contribution in [2.45, 2.75) is 25.6 Å². The molecule has 0 fully saturated rings. The third-order valence-electron chi connectivity index (χ3n) is 4.46. The molecule has 0 radical (unpaired) electrons. The van der Waals surface area contributed by atoms with Crippen molar-refractivity contribution in [2.75, 3.05) is 11.9 Å². The topological polar surface area (TPSA) is 94.3 Å². The van der Waals surface area contributed by atoms with Gasteiger partial charge in [0, 0.05) is 30.6 Å². The van der Waals surface area contributed by atoms with Crippen LogP contribution in [0.1, 0.15) is 29.3 Å². The van der Waals surface area contributed by atoms with Crippen LogP contribution in [0.3, 0.4) is 0 Å². The maximum atomic E-state index is 13.1. The molecule has 0 saturated heterocycles. The van der Waals surface area contributed by atoms with E-state index in [4.69, 9.17) is 17.1 Å². The van der Waals surface area contributed by atoms with Crippen LogP contribution >= 0.6 is 11.6 Å². The number of anilines is 1. The van der Waals surface area contributed by atoms with Crippen LogP contribution in [0.2, 0.25) is 5.02 Å². The first kappa shape index (κ1) is 20.7. The molecule has 1 aliphatic rings. The summed E-state index contributed by atoms with van der Waals surface area (Å²) < 4.78 is 39.3. The van der Waals surface area contributed by atoms with Crippen molar-refractivity contribution < 1.29 is 18.0 Å². The number of carbonyl (C=O) groups excluding carboxylic acids is 1. The van der Waals surface area contributed by atoms with E-state index in [0.717, 1.165) is 12.1 Å². The second-order valence-electron chi connectivity index (χ2n) is 6.39. The lowest BCUT2D eigenvalue weighted by Crippen LogP contribution is -2.44. The van der Waals surface area contributed by atoms with Crippen LogP contribution in [0.25, 0.3) is 0 Å². The van der Waals surface area contributed by atoms with E-state index in [1.54, 1.807) is 25.4 Å². The van der Waals surface area contributed by atoms with Gasteiger partial charge in [-0.3, -0.25) is 4.79 Å². The number of hydrogen-bond donors (Lipinski definition) is 2. The molecule has 29 heavy (non-hydrogen) atoms. The van der Waals surface area contributed by atoms with Crippen LogP contribution in [0.5, 0.6) is 0 Å². The molecule has 1 aromatic carbocycles. The van der Waals surface area contributed by atoms with E-state index in [9.17, 15) is 18.0 Å². The summed E-state index contributed by atoms with van der Waals surface area (Å²) in [4.78, 5) is 22.4. The van der Waals surface area contributed by atoms with Gasteiger partial charge in [-0.2, -0.15) is 18.3 Å². The summed E-state index contributed by atoms with van der Waals surface area (Å²) in [6.07, 6.45) is -1.29. The predicted molar refractivity (Wildman–Crippen MR) is 99.4 cm³/mol. The Morgan fingerprint density at radius 3 is 2.62 bits per heavy atom. The number of nitrogens with zero attached hydrogens (tertiary/aromatic N) is 4. The fraction of sp³-hybridized carbons (Fsp3) is 0.278. The average molecular weight is 425 g/mol. The summed E-state index contributed by atoms with van der Waals surface area (Å²) in [5.41, 5.74) is 6.93.